The molecular weight excluding hydrogens is 404 g/mol. The number of benzene rings is 1. The summed E-state index contributed by atoms with van der Waals surface area (Å²) >= 11 is 6.29. The molecule has 1 fully saturated rings. The molecule has 2 aliphatic heterocycles. The molecule has 1 aromatic carbocycles. The van der Waals surface area contributed by atoms with E-state index in [0.717, 1.165) is 48.6 Å². The average Bonchev–Trinajstić information content (AvgIpc) is 3.02. The van der Waals surface area contributed by atoms with Crippen molar-refractivity contribution in [2.75, 3.05) is 13.7 Å². The number of fused-ring (bicyclic) bond motifs is 3. The Morgan fingerprint density at radius 1 is 1.20 bits per heavy atom. The fourth-order valence-corrected chi connectivity index (χ4v) is 4.50. The van der Waals surface area contributed by atoms with Crippen molar-refractivity contribution in [1.29, 1.82) is 0 Å². The Balaban J connectivity index is 1.77. The quantitative estimate of drug-likeness (QED) is 0.698. The fraction of sp³-hybridized carbons (Fsp3) is 0.591. The van der Waals surface area contributed by atoms with Crippen LogP contribution in [0.5, 0.6) is 0 Å². The smallest absolute Gasteiger partial charge is 0.410 e. The van der Waals surface area contributed by atoms with Crippen LogP contribution < -0.4 is 0 Å². The SMILES string of the molecule is COC1Cc2cc(Cl)ccc2-n2c(nnc2C2CCCCN2C(=O)OC(C)(C)C)C1. The number of aromatic nitrogens is 3. The Hall–Kier alpha value is -2.12. The minimum absolute atomic E-state index is 0.00571. The summed E-state index contributed by atoms with van der Waals surface area (Å²) in [6.45, 7) is 6.31. The molecule has 2 aromatic rings. The van der Waals surface area contributed by atoms with Gasteiger partial charge in [0.1, 0.15) is 11.4 Å². The molecule has 1 aromatic heterocycles. The molecule has 0 spiro atoms. The highest BCUT2D eigenvalue weighted by atomic mass is 35.5. The van der Waals surface area contributed by atoms with E-state index in [1.54, 1.807) is 12.0 Å². The van der Waals surface area contributed by atoms with Crippen LogP contribution in [0, 0.1) is 0 Å². The second kappa shape index (κ2) is 8.19. The Bertz CT molecular complexity index is 937. The number of carbonyl (C=O) groups excluding carboxylic acids is 1. The Morgan fingerprint density at radius 2 is 2.00 bits per heavy atom. The number of likely N-dealkylation sites (tertiary alicyclic amines) is 1. The van der Waals surface area contributed by atoms with E-state index in [1.165, 1.54) is 0 Å². The average molecular weight is 433 g/mol. The zero-order valence-corrected chi connectivity index (χ0v) is 18.8. The normalized spacial score (nSPS) is 21.6. The molecule has 30 heavy (non-hydrogen) atoms. The lowest BCUT2D eigenvalue weighted by molar-refractivity contribution is 0.00821. The molecular formula is C22H29ClN4O3. The van der Waals surface area contributed by atoms with Gasteiger partial charge in [0.2, 0.25) is 0 Å². The van der Waals surface area contributed by atoms with Crippen LogP contribution in [0.2, 0.25) is 5.02 Å². The maximum atomic E-state index is 13.0. The number of methoxy groups -OCH3 is 1. The molecule has 1 saturated heterocycles. The highest BCUT2D eigenvalue weighted by Gasteiger charge is 2.36. The molecule has 8 heteroatoms. The highest BCUT2D eigenvalue weighted by Crippen LogP contribution is 2.35. The van der Waals surface area contributed by atoms with Gasteiger partial charge in [-0.2, -0.15) is 0 Å². The number of carbonyl (C=O) groups is 1. The number of nitrogens with zero attached hydrogens (tertiary/aromatic N) is 4. The van der Waals surface area contributed by atoms with Crippen molar-refractivity contribution < 1.29 is 14.3 Å². The zero-order valence-electron chi connectivity index (χ0n) is 18.0. The van der Waals surface area contributed by atoms with Crippen LogP contribution in [-0.4, -0.2) is 51.1 Å². The third kappa shape index (κ3) is 4.18. The van der Waals surface area contributed by atoms with Gasteiger partial charge in [-0.15, -0.1) is 10.2 Å². The van der Waals surface area contributed by atoms with Crippen LogP contribution in [0.15, 0.2) is 18.2 Å². The van der Waals surface area contributed by atoms with E-state index < -0.39 is 5.60 Å². The Labute approximate surface area is 182 Å². The predicted molar refractivity (Wildman–Crippen MR) is 114 cm³/mol. The molecule has 0 N–H and O–H groups in total. The van der Waals surface area contributed by atoms with Gasteiger partial charge >= 0.3 is 6.09 Å². The van der Waals surface area contributed by atoms with Crippen molar-refractivity contribution in [2.45, 2.75) is 70.6 Å². The summed E-state index contributed by atoms with van der Waals surface area (Å²) in [6, 6.07) is 5.69. The van der Waals surface area contributed by atoms with E-state index in [0.29, 0.717) is 18.0 Å². The van der Waals surface area contributed by atoms with E-state index >= 15 is 0 Å². The summed E-state index contributed by atoms with van der Waals surface area (Å²) in [5.41, 5.74) is 1.55. The van der Waals surface area contributed by atoms with Crippen LogP contribution in [0.4, 0.5) is 4.79 Å². The molecule has 2 unspecified atom stereocenters. The fourth-order valence-electron chi connectivity index (χ4n) is 4.30. The molecule has 1 amide bonds. The first kappa shape index (κ1) is 21.1. The van der Waals surface area contributed by atoms with Crippen LogP contribution in [0.25, 0.3) is 5.69 Å². The molecule has 162 valence electrons. The van der Waals surface area contributed by atoms with Crippen molar-refractivity contribution in [3.05, 3.63) is 40.4 Å². The van der Waals surface area contributed by atoms with Crippen molar-refractivity contribution in [2.24, 2.45) is 0 Å². The van der Waals surface area contributed by atoms with Crippen LogP contribution in [-0.2, 0) is 22.3 Å². The van der Waals surface area contributed by atoms with Gasteiger partial charge < -0.3 is 9.47 Å². The second-order valence-electron chi connectivity index (χ2n) is 9.03. The van der Waals surface area contributed by atoms with E-state index in [1.807, 2.05) is 39.0 Å². The third-order valence-electron chi connectivity index (χ3n) is 5.66. The van der Waals surface area contributed by atoms with Gasteiger partial charge in [-0.3, -0.25) is 9.47 Å². The van der Waals surface area contributed by atoms with Gasteiger partial charge in [0.25, 0.3) is 0 Å². The minimum Gasteiger partial charge on any atom is -0.444 e. The van der Waals surface area contributed by atoms with Crippen molar-refractivity contribution in [3.63, 3.8) is 0 Å². The maximum Gasteiger partial charge on any atom is 0.410 e. The Morgan fingerprint density at radius 3 is 2.73 bits per heavy atom. The summed E-state index contributed by atoms with van der Waals surface area (Å²) in [4.78, 5) is 14.8. The molecule has 2 atom stereocenters. The van der Waals surface area contributed by atoms with Crippen LogP contribution in [0.1, 0.15) is 63.3 Å². The molecule has 3 heterocycles. The number of hydrogen-bond donors (Lipinski definition) is 0. The number of amides is 1. The summed E-state index contributed by atoms with van der Waals surface area (Å²) in [5, 5.41) is 9.75. The lowest BCUT2D eigenvalue weighted by Crippen LogP contribution is -2.42. The maximum absolute atomic E-state index is 13.0. The first-order chi connectivity index (χ1) is 14.3. The molecule has 0 bridgehead atoms. The summed E-state index contributed by atoms with van der Waals surface area (Å²) < 4.78 is 13.5. The molecule has 0 saturated carbocycles. The van der Waals surface area contributed by atoms with E-state index in [-0.39, 0.29) is 18.2 Å². The molecule has 0 radical (unpaired) electrons. The molecule has 4 rings (SSSR count). The zero-order chi connectivity index (χ0) is 21.5. The number of rotatable bonds is 2. The standard InChI is InChI=1S/C22H29ClN4O3/c1-22(2,3)30-21(28)26-10-6-5-7-18(26)20-25-24-19-13-16(29-4)12-14-11-15(23)8-9-17(14)27(19)20/h8-9,11,16,18H,5-7,10,12-13H2,1-4H3. The van der Waals surface area contributed by atoms with Gasteiger partial charge in [-0.1, -0.05) is 11.6 Å². The lowest BCUT2D eigenvalue weighted by atomic mass is 10.0. The van der Waals surface area contributed by atoms with E-state index in [4.69, 9.17) is 21.1 Å². The van der Waals surface area contributed by atoms with Gasteiger partial charge in [-0.05, 0) is 63.8 Å². The van der Waals surface area contributed by atoms with Gasteiger partial charge in [-0.25, -0.2) is 4.79 Å². The number of hydrogen-bond acceptors (Lipinski definition) is 5. The topological polar surface area (TPSA) is 69.5 Å². The number of ether oxygens (including phenoxy) is 2. The monoisotopic (exact) mass is 432 g/mol. The number of halogens is 1. The third-order valence-corrected chi connectivity index (χ3v) is 5.89. The lowest BCUT2D eigenvalue weighted by Gasteiger charge is -2.36. The molecule has 2 aliphatic rings. The second-order valence-corrected chi connectivity index (χ2v) is 9.47. The van der Waals surface area contributed by atoms with Crippen molar-refractivity contribution in [3.8, 4) is 5.69 Å². The largest absolute Gasteiger partial charge is 0.444 e. The van der Waals surface area contributed by atoms with Crippen LogP contribution >= 0.6 is 11.6 Å². The van der Waals surface area contributed by atoms with Crippen molar-refractivity contribution >= 4 is 17.7 Å². The van der Waals surface area contributed by atoms with Gasteiger partial charge in [0, 0.05) is 31.5 Å². The van der Waals surface area contributed by atoms with E-state index in [9.17, 15) is 4.79 Å². The number of piperidine rings is 1. The summed E-state index contributed by atoms with van der Waals surface area (Å²) in [5.74, 6) is 1.61. The van der Waals surface area contributed by atoms with Gasteiger partial charge in [0.15, 0.2) is 5.82 Å². The first-order valence-electron chi connectivity index (χ1n) is 10.5. The summed E-state index contributed by atoms with van der Waals surface area (Å²) in [7, 11) is 1.72. The predicted octanol–water partition coefficient (Wildman–Crippen LogP) is 4.50. The van der Waals surface area contributed by atoms with Crippen LogP contribution in [0.3, 0.4) is 0 Å². The molecule has 7 nitrogen and oxygen atoms in total. The minimum atomic E-state index is -0.546. The first-order valence-corrected chi connectivity index (χ1v) is 10.9. The van der Waals surface area contributed by atoms with E-state index in [2.05, 4.69) is 14.8 Å². The summed E-state index contributed by atoms with van der Waals surface area (Å²) in [6.07, 6.45) is 3.89. The molecule has 0 aliphatic carbocycles. The van der Waals surface area contributed by atoms with Gasteiger partial charge in [0.05, 0.1) is 17.8 Å². The van der Waals surface area contributed by atoms with Crippen molar-refractivity contribution in [1.82, 2.24) is 19.7 Å². The highest BCUT2D eigenvalue weighted by molar-refractivity contribution is 6.30. The Kier molecular flexibility index (Phi) is 5.77.